The van der Waals surface area contributed by atoms with Gasteiger partial charge in [0.15, 0.2) is 0 Å². The van der Waals surface area contributed by atoms with Crippen molar-refractivity contribution >= 4 is 59.0 Å². The van der Waals surface area contributed by atoms with Gasteiger partial charge in [0.1, 0.15) is 25.4 Å². The van der Waals surface area contributed by atoms with Gasteiger partial charge in [0, 0.05) is 76.0 Å². The Hall–Kier alpha value is -3.80. The monoisotopic (exact) mass is 860 g/mol. The largest absolute Gasteiger partial charge is 0.481 e. The van der Waals surface area contributed by atoms with Gasteiger partial charge in [-0.1, -0.05) is 0 Å². The lowest BCUT2D eigenvalue weighted by Gasteiger charge is -2.27. The number of ether oxygens (including phenoxy) is 6. The number of carbonyl (C=O) groups excluding carboxylic acids is 3. The zero-order valence-corrected chi connectivity index (χ0v) is 36.0. The highest BCUT2D eigenvalue weighted by Gasteiger charge is 2.24. The summed E-state index contributed by atoms with van der Waals surface area (Å²) in [5.41, 5.74) is -0.183. The molecule has 2 aromatic heterocycles. The lowest BCUT2D eigenvalue weighted by Crippen LogP contribution is -2.44. The number of rotatable bonds is 17. The molecule has 0 bridgehead atoms. The van der Waals surface area contributed by atoms with Crippen molar-refractivity contribution in [3.63, 3.8) is 0 Å². The number of carboxylic acid groups (broad SMARTS) is 1. The van der Waals surface area contributed by atoms with Gasteiger partial charge in [-0.05, 0) is 54.4 Å². The maximum Gasteiger partial charge on any atom is 0.313 e. The van der Waals surface area contributed by atoms with E-state index in [9.17, 15) is 24.3 Å². The van der Waals surface area contributed by atoms with Crippen LogP contribution in [0.3, 0.4) is 0 Å². The Labute approximate surface area is 347 Å². The summed E-state index contributed by atoms with van der Waals surface area (Å²) >= 11 is 2.19. The minimum atomic E-state index is -0.932. The van der Waals surface area contributed by atoms with Crippen LogP contribution in [0.4, 0.5) is 11.6 Å². The van der Waals surface area contributed by atoms with Crippen LogP contribution in [0.15, 0.2) is 0 Å². The molecule has 0 unspecified atom stereocenters. The molecule has 0 aliphatic carbocycles. The number of anilines is 2. The van der Waals surface area contributed by atoms with Crippen molar-refractivity contribution in [2.45, 2.75) is 103 Å². The number of morpholine rings is 2. The maximum atomic E-state index is 12.1. The molecule has 328 valence electrons. The van der Waals surface area contributed by atoms with E-state index < -0.39 is 24.1 Å². The van der Waals surface area contributed by atoms with Gasteiger partial charge in [-0.15, -0.1) is 8.75 Å². The zero-order valence-electron chi connectivity index (χ0n) is 34.4. The molecule has 0 spiro atoms. The lowest BCUT2D eigenvalue weighted by molar-refractivity contribution is -0.163. The van der Waals surface area contributed by atoms with Crippen molar-refractivity contribution in [3.8, 4) is 11.8 Å². The van der Waals surface area contributed by atoms with Gasteiger partial charge in [0.2, 0.25) is 11.6 Å². The molecule has 58 heavy (non-hydrogen) atoms. The van der Waals surface area contributed by atoms with Gasteiger partial charge in [0.25, 0.3) is 11.8 Å². The van der Waals surface area contributed by atoms with E-state index in [0.29, 0.717) is 76.4 Å². The molecule has 5 heterocycles. The summed E-state index contributed by atoms with van der Waals surface area (Å²) < 4.78 is 48.9. The van der Waals surface area contributed by atoms with Crippen LogP contribution in [0.2, 0.25) is 0 Å². The minimum Gasteiger partial charge on any atom is -0.481 e. The third kappa shape index (κ3) is 20.3. The molecule has 2 aromatic rings. The fourth-order valence-electron chi connectivity index (χ4n) is 5.09. The Bertz CT molecular complexity index is 1520. The van der Waals surface area contributed by atoms with Crippen molar-refractivity contribution < 1.29 is 57.8 Å². The SMILES string of the molecule is CC(C)(C)NC[C@@H](COc1nsnc1N1CCOCC1)OC(=O)CCCC(=O)O.CC(C)(C)NC[C@H](O)COc1nsnc1N1CCOCC1.O=C1CCCC(=O)O1. The van der Waals surface area contributed by atoms with E-state index >= 15 is 0 Å². The van der Waals surface area contributed by atoms with E-state index in [1.807, 2.05) is 20.8 Å². The molecule has 3 aliphatic rings. The highest BCUT2D eigenvalue weighted by atomic mass is 32.1. The smallest absolute Gasteiger partial charge is 0.313 e. The van der Waals surface area contributed by atoms with E-state index in [0.717, 1.165) is 55.5 Å². The second-order valence-electron chi connectivity index (χ2n) is 15.6. The lowest BCUT2D eigenvalue weighted by atomic mass is 10.1. The molecule has 0 saturated carbocycles. The average molecular weight is 861 g/mol. The third-order valence-electron chi connectivity index (χ3n) is 8.11. The van der Waals surface area contributed by atoms with Crippen LogP contribution in [-0.2, 0) is 38.1 Å². The number of carboxylic acids is 1. The molecule has 22 heteroatoms. The number of β-amino-alcohol motifs (C(OH)–C–C–N with tert-alkyl or cyclic N) is 1. The molecule has 0 aromatic carbocycles. The molecule has 5 rings (SSSR count). The number of nitrogens with zero attached hydrogens (tertiary/aromatic N) is 6. The number of hydrogen-bond donors (Lipinski definition) is 4. The van der Waals surface area contributed by atoms with Crippen molar-refractivity contribution in [1.82, 2.24) is 28.1 Å². The number of hydrogen-bond acceptors (Lipinski definition) is 21. The number of cyclic esters (lactones) is 2. The van der Waals surface area contributed by atoms with Gasteiger partial charge in [-0.3, -0.25) is 19.2 Å². The van der Waals surface area contributed by atoms with Gasteiger partial charge in [-0.2, -0.15) is 8.75 Å². The summed E-state index contributed by atoms with van der Waals surface area (Å²) in [6, 6.07) is 0. The second-order valence-corrected chi connectivity index (χ2v) is 16.6. The number of aliphatic carboxylic acids is 1. The van der Waals surface area contributed by atoms with Crippen molar-refractivity contribution in [1.29, 1.82) is 0 Å². The minimum absolute atomic E-state index is 0.0257. The standard InChI is InChI=1S/C18H30N4O6S.C13H24N4O3S.C5H6O3/c1-18(2,3)19-11-13(28-15(25)6-4-5-14(23)24)12-27-17-16(20-29-21-17)22-7-9-26-10-8-22;1-13(2,3)14-8-10(18)9-20-12-11(15-21-16-12)17-4-6-19-7-5-17;6-4-2-1-3-5(7)8-4/h13,19H,4-12H2,1-3H3,(H,23,24);10,14,18H,4-9H2,1-3H3;1-3H2/t13-;10-;/m00./s1. The first-order valence-corrected chi connectivity index (χ1v) is 20.8. The number of esters is 3. The molecule has 20 nitrogen and oxygen atoms in total. The van der Waals surface area contributed by atoms with Gasteiger partial charge in [-0.25, -0.2) is 0 Å². The van der Waals surface area contributed by atoms with Gasteiger partial charge >= 0.3 is 23.9 Å². The van der Waals surface area contributed by atoms with Crippen molar-refractivity contribution in [3.05, 3.63) is 0 Å². The summed E-state index contributed by atoms with van der Waals surface area (Å²) in [7, 11) is 0. The number of carbonyl (C=O) groups is 4. The van der Waals surface area contributed by atoms with Crippen molar-refractivity contribution in [2.24, 2.45) is 0 Å². The topological polar surface area (TPSA) is 246 Å². The Morgan fingerprint density at radius 2 is 1.24 bits per heavy atom. The molecule has 0 amide bonds. The van der Waals surface area contributed by atoms with Crippen LogP contribution in [0.1, 0.15) is 80.1 Å². The summed E-state index contributed by atoms with van der Waals surface area (Å²) in [4.78, 5) is 47.3. The highest BCUT2D eigenvalue weighted by Crippen LogP contribution is 2.27. The van der Waals surface area contributed by atoms with E-state index in [-0.39, 0.29) is 55.5 Å². The number of aliphatic hydroxyl groups excluding tert-OH is 1. The fraction of sp³-hybridized carbons (Fsp3) is 0.778. The predicted octanol–water partition coefficient (Wildman–Crippen LogP) is 2.05. The molecule has 4 N–H and O–H groups in total. The molecular formula is C36H60N8O12S2. The first kappa shape index (κ1) is 48.6. The van der Waals surface area contributed by atoms with Crippen LogP contribution >= 0.6 is 23.5 Å². The van der Waals surface area contributed by atoms with Gasteiger partial charge < -0.3 is 59.1 Å². The average Bonchev–Trinajstić information content (AvgIpc) is 3.85. The summed E-state index contributed by atoms with van der Waals surface area (Å²) in [5.74, 6) is 0.186. The van der Waals surface area contributed by atoms with Crippen LogP contribution < -0.4 is 29.9 Å². The Kier molecular flexibility index (Phi) is 20.9. The molecule has 3 saturated heterocycles. The summed E-state index contributed by atoms with van der Waals surface area (Å²) in [5, 5.41) is 25.2. The predicted molar refractivity (Wildman–Crippen MR) is 215 cm³/mol. The van der Waals surface area contributed by atoms with E-state index in [2.05, 4.69) is 63.4 Å². The van der Waals surface area contributed by atoms with Crippen LogP contribution in [0.5, 0.6) is 11.8 Å². The van der Waals surface area contributed by atoms with Crippen LogP contribution in [0.25, 0.3) is 0 Å². The number of aromatic nitrogens is 4. The first-order valence-electron chi connectivity index (χ1n) is 19.4. The van der Waals surface area contributed by atoms with Gasteiger partial charge in [0.05, 0.1) is 49.9 Å². The van der Waals surface area contributed by atoms with Crippen molar-refractivity contribution in [2.75, 3.05) is 88.7 Å². The quantitative estimate of drug-likeness (QED) is 0.131. The Morgan fingerprint density at radius 3 is 1.69 bits per heavy atom. The summed E-state index contributed by atoms with van der Waals surface area (Å²) in [6.45, 7) is 19.1. The third-order valence-corrected chi connectivity index (χ3v) is 9.12. The molecule has 3 fully saturated rings. The number of aliphatic hydroxyl groups is 1. The fourth-order valence-corrected chi connectivity index (χ4v) is 6.13. The van der Waals surface area contributed by atoms with Crippen LogP contribution in [-0.4, -0.2) is 154 Å². The van der Waals surface area contributed by atoms with E-state index in [1.54, 1.807) is 0 Å². The number of nitrogens with one attached hydrogen (secondary N) is 2. The zero-order chi connectivity index (χ0) is 42.6. The molecule has 2 atom stereocenters. The molecule has 0 radical (unpaired) electrons. The maximum absolute atomic E-state index is 12.1. The van der Waals surface area contributed by atoms with E-state index in [4.69, 9.17) is 28.8 Å². The first-order chi connectivity index (χ1) is 27.5. The summed E-state index contributed by atoms with van der Waals surface area (Å²) in [6.07, 6.45) is 0.551. The van der Waals surface area contributed by atoms with E-state index in [1.165, 1.54) is 0 Å². The normalized spacial score (nSPS) is 17.2. The highest BCUT2D eigenvalue weighted by molar-refractivity contribution is 6.99. The molecular weight excluding hydrogens is 801 g/mol. The Morgan fingerprint density at radius 1 is 0.759 bits per heavy atom. The Balaban J connectivity index is 0.000000268. The second kappa shape index (κ2) is 25.0. The molecule has 3 aliphatic heterocycles. The van der Waals surface area contributed by atoms with Crippen LogP contribution in [0, 0.1) is 0 Å².